The second-order valence-electron chi connectivity index (χ2n) is 4.26. The number of rotatable bonds is 4. The number of para-hydroxylation sites is 1. The van der Waals surface area contributed by atoms with Crippen molar-refractivity contribution in [3.63, 3.8) is 0 Å². The molecule has 2 rings (SSSR count). The molecule has 4 nitrogen and oxygen atoms in total. The minimum absolute atomic E-state index is 0.0603. The van der Waals surface area contributed by atoms with Gasteiger partial charge in [0.15, 0.2) is 0 Å². The molecule has 2 N–H and O–H groups in total. The van der Waals surface area contributed by atoms with Crippen LogP contribution >= 0.6 is 23.2 Å². The Hall–Kier alpha value is -2.48. The van der Waals surface area contributed by atoms with Gasteiger partial charge in [-0.15, -0.1) is 0 Å². The normalized spacial score (nSPS) is 10.7. The summed E-state index contributed by atoms with van der Waals surface area (Å²) in [5, 5.41) is 15.4. The molecule has 0 aliphatic carbocycles. The van der Waals surface area contributed by atoms with Crippen LogP contribution in [0.15, 0.2) is 60.3 Å². The molecule has 0 aromatic heterocycles. The summed E-state index contributed by atoms with van der Waals surface area (Å²) in [6, 6.07) is 15.6. The summed E-state index contributed by atoms with van der Waals surface area (Å²) >= 11 is 11.7. The third-order valence-corrected chi connectivity index (χ3v) is 3.44. The molecule has 0 atom stereocenters. The van der Waals surface area contributed by atoms with Gasteiger partial charge < -0.3 is 10.6 Å². The van der Waals surface area contributed by atoms with Crippen LogP contribution in [0.2, 0.25) is 10.0 Å². The summed E-state index contributed by atoms with van der Waals surface area (Å²) in [6.07, 6.45) is 1.32. The zero-order valence-corrected chi connectivity index (χ0v) is 12.8. The molecule has 0 saturated heterocycles. The zero-order valence-electron chi connectivity index (χ0n) is 11.3. The Labute approximate surface area is 138 Å². The molecular weight excluding hydrogens is 321 g/mol. The molecule has 2 aromatic rings. The molecule has 0 radical (unpaired) electrons. The Morgan fingerprint density at radius 2 is 1.77 bits per heavy atom. The average molecular weight is 332 g/mol. The molecule has 0 spiro atoms. The van der Waals surface area contributed by atoms with E-state index in [0.29, 0.717) is 21.4 Å². The van der Waals surface area contributed by atoms with Crippen molar-refractivity contribution >= 4 is 40.5 Å². The Kier molecular flexibility index (Phi) is 5.42. The van der Waals surface area contributed by atoms with Crippen LogP contribution in [0.4, 0.5) is 11.4 Å². The smallest absolute Gasteiger partial charge is 0.267 e. The summed E-state index contributed by atoms with van der Waals surface area (Å²) in [7, 11) is 0. The number of nitrogens with zero attached hydrogens (tertiary/aromatic N) is 1. The quantitative estimate of drug-likeness (QED) is 0.642. The molecule has 1 amide bonds. The van der Waals surface area contributed by atoms with Crippen LogP contribution < -0.4 is 10.6 Å². The van der Waals surface area contributed by atoms with Gasteiger partial charge in [0.1, 0.15) is 11.6 Å². The van der Waals surface area contributed by atoms with Gasteiger partial charge in [-0.3, -0.25) is 4.79 Å². The van der Waals surface area contributed by atoms with Crippen LogP contribution in [0.3, 0.4) is 0 Å². The molecule has 110 valence electrons. The number of nitrogens with one attached hydrogen (secondary N) is 2. The van der Waals surface area contributed by atoms with Crippen LogP contribution in [0.5, 0.6) is 0 Å². The molecule has 6 heteroatoms. The van der Waals surface area contributed by atoms with E-state index in [1.165, 1.54) is 6.20 Å². The first-order valence-electron chi connectivity index (χ1n) is 6.28. The van der Waals surface area contributed by atoms with Crippen molar-refractivity contribution in [3.8, 4) is 6.07 Å². The van der Waals surface area contributed by atoms with E-state index in [4.69, 9.17) is 28.5 Å². The van der Waals surface area contributed by atoms with Gasteiger partial charge >= 0.3 is 0 Å². The third-order valence-electron chi connectivity index (χ3n) is 2.70. The highest BCUT2D eigenvalue weighted by atomic mass is 35.5. The molecule has 0 aliphatic heterocycles. The first-order valence-corrected chi connectivity index (χ1v) is 7.04. The Bertz CT molecular complexity index is 752. The van der Waals surface area contributed by atoms with Crippen molar-refractivity contribution in [2.24, 2.45) is 0 Å². The number of halogens is 2. The van der Waals surface area contributed by atoms with Crippen LogP contribution in [0.25, 0.3) is 0 Å². The maximum absolute atomic E-state index is 12.0. The number of carbonyl (C=O) groups excluding carboxylic acids is 1. The Balaban J connectivity index is 2.08. The van der Waals surface area contributed by atoms with E-state index >= 15 is 0 Å². The van der Waals surface area contributed by atoms with Crippen LogP contribution in [0.1, 0.15) is 0 Å². The summed E-state index contributed by atoms with van der Waals surface area (Å²) in [6.45, 7) is 0. The topological polar surface area (TPSA) is 64.9 Å². The minimum Gasteiger partial charge on any atom is -0.360 e. The molecule has 0 unspecified atom stereocenters. The lowest BCUT2D eigenvalue weighted by Crippen LogP contribution is -2.14. The van der Waals surface area contributed by atoms with E-state index in [2.05, 4.69) is 10.6 Å². The van der Waals surface area contributed by atoms with Gasteiger partial charge in [0.2, 0.25) is 0 Å². The lowest BCUT2D eigenvalue weighted by molar-refractivity contribution is -0.112. The van der Waals surface area contributed by atoms with Crippen molar-refractivity contribution in [3.05, 3.63) is 70.3 Å². The minimum atomic E-state index is -0.499. The van der Waals surface area contributed by atoms with Gasteiger partial charge in [-0.05, 0) is 30.3 Å². The molecule has 0 fully saturated rings. The molecule has 2 aromatic carbocycles. The number of hydrogen-bond acceptors (Lipinski definition) is 3. The SMILES string of the molecule is N#CC(=CNc1ccc(Cl)c(Cl)c1)C(=O)Nc1ccccc1. The van der Waals surface area contributed by atoms with E-state index in [1.807, 2.05) is 12.1 Å². The third kappa shape index (κ3) is 4.26. The Morgan fingerprint density at radius 3 is 2.41 bits per heavy atom. The van der Waals surface area contributed by atoms with Gasteiger partial charge in [0.25, 0.3) is 5.91 Å². The number of anilines is 2. The maximum Gasteiger partial charge on any atom is 0.267 e. The van der Waals surface area contributed by atoms with Crippen LogP contribution in [-0.4, -0.2) is 5.91 Å². The molecule has 0 bridgehead atoms. The lowest BCUT2D eigenvalue weighted by Gasteiger charge is -2.05. The fourth-order valence-electron chi connectivity index (χ4n) is 1.61. The van der Waals surface area contributed by atoms with Gasteiger partial charge in [0, 0.05) is 17.6 Å². The largest absolute Gasteiger partial charge is 0.360 e. The van der Waals surface area contributed by atoms with Crippen molar-refractivity contribution in [2.75, 3.05) is 10.6 Å². The average Bonchev–Trinajstić information content (AvgIpc) is 2.52. The molecule has 0 aliphatic rings. The first kappa shape index (κ1) is 15.9. The second-order valence-corrected chi connectivity index (χ2v) is 5.08. The van der Waals surface area contributed by atoms with Crippen LogP contribution in [-0.2, 0) is 4.79 Å². The van der Waals surface area contributed by atoms with E-state index in [-0.39, 0.29) is 5.57 Å². The lowest BCUT2D eigenvalue weighted by atomic mass is 10.2. The van der Waals surface area contributed by atoms with E-state index in [0.717, 1.165) is 0 Å². The number of nitriles is 1. The monoisotopic (exact) mass is 331 g/mol. The number of benzene rings is 2. The van der Waals surface area contributed by atoms with Gasteiger partial charge in [-0.2, -0.15) is 5.26 Å². The highest BCUT2D eigenvalue weighted by Gasteiger charge is 2.09. The molecule has 22 heavy (non-hydrogen) atoms. The predicted molar refractivity (Wildman–Crippen MR) is 88.9 cm³/mol. The van der Waals surface area contributed by atoms with Crippen molar-refractivity contribution < 1.29 is 4.79 Å². The standard InChI is InChI=1S/C16H11Cl2N3O/c17-14-7-6-13(8-15(14)18)20-10-11(9-19)16(22)21-12-4-2-1-3-5-12/h1-8,10,20H,(H,21,22). The van der Waals surface area contributed by atoms with Gasteiger partial charge in [-0.25, -0.2) is 0 Å². The number of carbonyl (C=O) groups is 1. The predicted octanol–water partition coefficient (Wildman–Crippen LogP) is 4.45. The number of hydrogen-bond donors (Lipinski definition) is 2. The molecular formula is C16H11Cl2N3O. The molecule has 0 heterocycles. The maximum atomic E-state index is 12.0. The fourth-order valence-corrected chi connectivity index (χ4v) is 1.91. The van der Waals surface area contributed by atoms with E-state index in [9.17, 15) is 4.79 Å². The highest BCUT2D eigenvalue weighted by Crippen LogP contribution is 2.25. The summed E-state index contributed by atoms with van der Waals surface area (Å²) in [4.78, 5) is 12.0. The fraction of sp³-hybridized carbons (Fsp3) is 0. The van der Waals surface area contributed by atoms with Crippen LogP contribution in [0, 0.1) is 11.3 Å². The van der Waals surface area contributed by atoms with Crippen molar-refractivity contribution in [1.82, 2.24) is 0 Å². The molecule has 0 saturated carbocycles. The zero-order chi connectivity index (χ0) is 15.9. The summed E-state index contributed by atoms with van der Waals surface area (Å²) < 4.78 is 0. The number of amides is 1. The van der Waals surface area contributed by atoms with Crippen molar-refractivity contribution in [1.29, 1.82) is 5.26 Å². The first-order chi connectivity index (χ1) is 10.6. The van der Waals surface area contributed by atoms with E-state index < -0.39 is 5.91 Å². The summed E-state index contributed by atoms with van der Waals surface area (Å²) in [5.74, 6) is -0.499. The Morgan fingerprint density at radius 1 is 1.05 bits per heavy atom. The van der Waals surface area contributed by atoms with Crippen molar-refractivity contribution in [2.45, 2.75) is 0 Å². The van der Waals surface area contributed by atoms with E-state index in [1.54, 1.807) is 42.5 Å². The summed E-state index contributed by atoms with van der Waals surface area (Å²) in [5.41, 5.74) is 1.17. The second kappa shape index (κ2) is 7.51. The van der Waals surface area contributed by atoms with Gasteiger partial charge in [-0.1, -0.05) is 41.4 Å². The van der Waals surface area contributed by atoms with Gasteiger partial charge in [0.05, 0.1) is 10.0 Å². The highest BCUT2D eigenvalue weighted by molar-refractivity contribution is 6.42.